The molecule has 0 atom stereocenters. The van der Waals surface area contributed by atoms with Gasteiger partial charge >= 0.3 is 6.03 Å². The van der Waals surface area contributed by atoms with E-state index in [2.05, 4.69) is 61.6 Å². The molecule has 0 aliphatic carbocycles. The van der Waals surface area contributed by atoms with Gasteiger partial charge in [0.1, 0.15) is 5.70 Å². The lowest BCUT2D eigenvalue weighted by molar-refractivity contribution is -0.115. The van der Waals surface area contributed by atoms with Crippen LogP contribution in [0.2, 0.25) is 0 Å². The van der Waals surface area contributed by atoms with Gasteiger partial charge in [0.2, 0.25) is 5.95 Å². The normalized spacial score (nSPS) is 18.6. The number of aryl methyl sites for hydroxylation is 1. The molecule has 1 aromatic carbocycles. The molecule has 27 heavy (non-hydrogen) atoms. The van der Waals surface area contributed by atoms with E-state index in [9.17, 15) is 9.59 Å². The number of carbonyl (C=O) groups excluding carboxylic acids is 2. The highest BCUT2D eigenvalue weighted by Crippen LogP contribution is 2.19. The highest BCUT2D eigenvalue weighted by molar-refractivity contribution is 6.13. The van der Waals surface area contributed by atoms with Gasteiger partial charge < -0.3 is 15.1 Å². The number of piperazine rings is 1. The van der Waals surface area contributed by atoms with Gasteiger partial charge in [0.15, 0.2) is 0 Å². The third kappa shape index (κ3) is 3.74. The fourth-order valence-electron chi connectivity index (χ4n) is 3.15. The monoisotopic (exact) mass is 364 g/mol. The van der Waals surface area contributed by atoms with Crippen molar-refractivity contribution in [1.82, 2.24) is 20.6 Å². The average molecular weight is 364 g/mol. The van der Waals surface area contributed by atoms with Gasteiger partial charge in [-0.25, -0.2) is 14.8 Å². The molecule has 4 rings (SSSR count). The zero-order valence-corrected chi connectivity index (χ0v) is 15.0. The zero-order valence-electron chi connectivity index (χ0n) is 15.0. The molecular weight excluding hydrogens is 344 g/mol. The average Bonchev–Trinajstić information content (AvgIpc) is 3.00. The number of rotatable bonds is 3. The highest BCUT2D eigenvalue weighted by Gasteiger charge is 2.23. The molecule has 2 aliphatic heterocycles. The van der Waals surface area contributed by atoms with E-state index in [-0.39, 0.29) is 5.70 Å². The SMILES string of the molecule is Cc1ccc(N2CCN(c3nccc(/C=C4\NC(=O)NC4=O)n3)CC2)cc1. The van der Waals surface area contributed by atoms with Crippen molar-refractivity contribution in [2.24, 2.45) is 0 Å². The van der Waals surface area contributed by atoms with Crippen LogP contribution in [0.15, 0.2) is 42.2 Å². The van der Waals surface area contributed by atoms with E-state index in [0.717, 1.165) is 26.2 Å². The summed E-state index contributed by atoms with van der Waals surface area (Å²) in [7, 11) is 0. The van der Waals surface area contributed by atoms with Crippen LogP contribution in [-0.2, 0) is 4.79 Å². The van der Waals surface area contributed by atoms with Crippen LogP contribution < -0.4 is 20.4 Å². The quantitative estimate of drug-likeness (QED) is 0.630. The topological polar surface area (TPSA) is 90.5 Å². The van der Waals surface area contributed by atoms with E-state index in [1.807, 2.05) is 0 Å². The molecule has 0 spiro atoms. The van der Waals surface area contributed by atoms with Gasteiger partial charge in [-0.05, 0) is 31.2 Å². The van der Waals surface area contributed by atoms with Crippen molar-refractivity contribution in [3.05, 3.63) is 53.5 Å². The second-order valence-electron chi connectivity index (χ2n) is 6.56. The van der Waals surface area contributed by atoms with Gasteiger partial charge in [0.25, 0.3) is 5.91 Å². The van der Waals surface area contributed by atoms with E-state index in [1.165, 1.54) is 11.3 Å². The van der Waals surface area contributed by atoms with Gasteiger partial charge in [-0.15, -0.1) is 0 Å². The number of hydrogen-bond acceptors (Lipinski definition) is 6. The Morgan fingerprint density at radius 3 is 2.33 bits per heavy atom. The van der Waals surface area contributed by atoms with E-state index in [1.54, 1.807) is 18.3 Å². The standard InChI is InChI=1S/C19H20N6O2/c1-13-2-4-15(5-3-13)24-8-10-25(11-9-24)18-20-7-6-14(21-18)12-16-17(26)23-19(27)22-16/h2-7,12H,8-11H2,1H3,(H2,22,23,26,27)/b16-12-. The molecule has 2 aliphatic rings. The van der Waals surface area contributed by atoms with E-state index >= 15 is 0 Å². The first kappa shape index (κ1) is 17.0. The van der Waals surface area contributed by atoms with Crippen molar-refractivity contribution < 1.29 is 9.59 Å². The maximum atomic E-state index is 11.6. The molecule has 0 bridgehead atoms. The fourth-order valence-corrected chi connectivity index (χ4v) is 3.15. The Hall–Kier alpha value is -3.42. The van der Waals surface area contributed by atoms with Crippen LogP contribution in [0.3, 0.4) is 0 Å². The number of benzene rings is 1. The number of carbonyl (C=O) groups is 2. The van der Waals surface area contributed by atoms with E-state index < -0.39 is 11.9 Å². The number of urea groups is 1. The van der Waals surface area contributed by atoms with E-state index in [4.69, 9.17) is 0 Å². The molecule has 2 saturated heterocycles. The minimum Gasteiger partial charge on any atom is -0.368 e. The van der Waals surface area contributed by atoms with Gasteiger partial charge in [-0.1, -0.05) is 17.7 Å². The Morgan fingerprint density at radius 2 is 1.67 bits per heavy atom. The van der Waals surface area contributed by atoms with Crippen molar-refractivity contribution >= 4 is 29.7 Å². The number of hydrogen-bond donors (Lipinski definition) is 2. The molecule has 8 nitrogen and oxygen atoms in total. The number of imide groups is 1. The number of aromatic nitrogens is 2. The third-order valence-electron chi connectivity index (χ3n) is 4.64. The smallest absolute Gasteiger partial charge is 0.326 e. The molecule has 0 unspecified atom stereocenters. The first-order valence-corrected chi connectivity index (χ1v) is 8.82. The van der Waals surface area contributed by atoms with Crippen molar-refractivity contribution in [2.75, 3.05) is 36.0 Å². The molecule has 3 heterocycles. The Kier molecular flexibility index (Phi) is 4.45. The van der Waals surface area contributed by atoms with Crippen LogP contribution in [0, 0.1) is 6.92 Å². The minimum atomic E-state index is -0.521. The van der Waals surface area contributed by atoms with E-state index in [0.29, 0.717) is 11.6 Å². The van der Waals surface area contributed by atoms with Gasteiger partial charge in [0, 0.05) is 38.1 Å². The summed E-state index contributed by atoms with van der Waals surface area (Å²) >= 11 is 0. The summed E-state index contributed by atoms with van der Waals surface area (Å²) in [5.41, 5.74) is 3.24. The maximum absolute atomic E-state index is 11.6. The highest BCUT2D eigenvalue weighted by atomic mass is 16.2. The van der Waals surface area contributed by atoms with Crippen LogP contribution in [0.1, 0.15) is 11.3 Å². The lowest BCUT2D eigenvalue weighted by atomic mass is 10.2. The Balaban J connectivity index is 1.44. The number of amides is 3. The van der Waals surface area contributed by atoms with Crippen LogP contribution in [0.5, 0.6) is 0 Å². The van der Waals surface area contributed by atoms with Crippen molar-refractivity contribution in [3.8, 4) is 0 Å². The second-order valence-corrected chi connectivity index (χ2v) is 6.56. The van der Waals surface area contributed by atoms with Crippen molar-refractivity contribution in [3.63, 3.8) is 0 Å². The summed E-state index contributed by atoms with van der Waals surface area (Å²) in [5.74, 6) is 0.171. The van der Waals surface area contributed by atoms with Gasteiger partial charge in [0.05, 0.1) is 5.69 Å². The first-order valence-electron chi connectivity index (χ1n) is 8.82. The maximum Gasteiger partial charge on any atom is 0.326 e. The van der Waals surface area contributed by atoms with Crippen LogP contribution >= 0.6 is 0 Å². The first-order chi connectivity index (χ1) is 13.1. The Labute approximate surface area is 156 Å². The molecule has 8 heteroatoms. The van der Waals surface area contributed by atoms with Crippen molar-refractivity contribution in [2.45, 2.75) is 6.92 Å². The van der Waals surface area contributed by atoms with Gasteiger partial charge in [-0.2, -0.15) is 0 Å². The Bertz CT molecular complexity index is 901. The third-order valence-corrected chi connectivity index (χ3v) is 4.64. The molecular formula is C19H20N6O2. The Morgan fingerprint density at radius 1 is 0.963 bits per heavy atom. The summed E-state index contributed by atoms with van der Waals surface area (Å²) in [6.45, 7) is 5.48. The predicted molar refractivity (Wildman–Crippen MR) is 102 cm³/mol. The second kappa shape index (κ2) is 7.06. The molecule has 2 fully saturated rings. The fraction of sp³-hybridized carbons (Fsp3) is 0.263. The zero-order chi connectivity index (χ0) is 18.8. The lowest BCUT2D eigenvalue weighted by Crippen LogP contribution is -2.47. The summed E-state index contributed by atoms with van der Waals surface area (Å²) in [6.07, 6.45) is 3.21. The predicted octanol–water partition coefficient (Wildman–Crippen LogP) is 1.29. The summed E-state index contributed by atoms with van der Waals surface area (Å²) in [6, 6.07) is 9.73. The molecule has 138 valence electrons. The summed E-state index contributed by atoms with van der Waals surface area (Å²) < 4.78 is 0. The van der Waals surface area contributed by atoms with Crippen LogP contribution in [0.4, 0.5) is 16.4 Å². The largest absolute Gasteiger partial charge is 0.368 e. The molecule has 3 amide bonds. The molecule has 0 radical (unpaired) electrons. The summed E-state index contributed by atoms with van der Waals surface area (Å²) in [4.78, 5) is 36.2. The summed E-state index contributed by atoms with van der Waals surface area (Å²) in [5, 5.41) is 4.63. The molecule has 0 saturated carbocycles. The molecule has 2 N–H and O–H groups in total. The van der Waals surface area contributed by atoms with Crippen LogP contribution in [-0.4, -0.2) is 48.1 Å². The van der Waals surface area contributed by atoms with Gasteiger partial charge in [-0.3, -0.25) is 10.1 Å². The van der Waals surface area contributed by atoms with Crippen molar-refractivity contribution in [1.29, 1.82) is 0 Å². The number of nitrogens with one attached hydrogen (secondary N) is 2. The number of nitrogens with zero attached hydrogens (tertiary/aromatic N) is 4. The van der Waals surface area contributed by atoms with Crippen LogP contribution in [0.25, 0.3) is 6.08 Å². The number of anilines is 2. The molecule has 1 aromatic heterocycles. The molecule has 2 aromatic rings. The minimum absolute atomic E-state index is 0.189. The lowest BCUT2D eigenvalue weighted by Gasteiger charge is -2.36.